The summed E-state index contributed by atoms with van der Waals surface area (Å²) in [5.74, 6) is 0.802. The van der Waals surface area contributed by atoms with Gasteiger partial charge in [0.25, 0.3) is 0 Å². The van der Waals surface area contributed by atoms with E-state index in [2.05, 4.69) is 84.0 Å². The van der Waals surface area contributed by atoms with E-state index in [4.69, 9.17) is 4.52 Å². The summed E-state index contributed by atoms with van der Waals surface area (Å²) in [5, 5.41) is 11.9. The van der Waals surface area contributed by atoms with E-state index < -0.39 is 0 Å². The van der Waals surface area contributed by atoms with Crippen LogP contribution in [0.2, 0.25) is 0 Å². The summed E-state index contributed by atoms with van der Waals surface area (Å²) in [7, 11) is 0. The molecular formula is C30H33N3O. The first-order chi connectivity index (χ1) is 16.5. The molecular weight excluding hydrogens is 418 g/mol. The molecule has 0 aliphatic rings. The van der Waals surface area contributed by atoms with E-state index in [0.717, 1.165) is 66.0 Å². The molecule has 4 heteroatoms. The fraction of sp³-hybridized carbons (Fsp3) is 0.267. The Balaban J connectivity index is 1.33. The minimum absolute atomic E-state index is 0.750. The summed E-state index contributed by atoms with van der Waals surface area (Å²) >= 11 is 0. The predicted octanol–water partition coefficient (Wildman–Crippen LogP) is 7.23. The van der Waals surface area contributed by atoms with Crippen molar-refractivity contribution in [2.75, 3.05) is 0 Å². The minimum atomic E-state index is 0.750. The maximum Gasteiger partial charge on any atom is 0.165 e. The zero-order valence-electron chi connectivity index (χ0n) is 20.4. The Hall–Kier alpha value is -3.66. The first kappa shape index (κ1) is 23.5. The summed E-state index contributed by atoms with van der Waals surface area (Å²) < 4.78 is 5.44. The molecule has 4 rings (SSSR count). The van der Waals surface area contributed by atoms with Crippen molar-refractivity contribution in [2.24, 2.45) is 0 Å². The van der Waals surface area contributed by atoms with E-state index in [1.54, 1.807) is 0 Å². The average Bonchev–Trinajstić information content (AvgIpc) is 3.42. The molecule has 0 bridgehead atoms. The number of nitrogens with zero attached hydrogens (tertiary/aromatic N) is 2. The fourth-order valence-electron chi connectivity index (χ4n) is 4.35. The highest BCUT2D eigenvalue weighted by molar-refractivity contribution is 5.65. The van der Waals surface area contributed by atoms with Gasteiger partial charge in [0, 0.05) is 28.8 Å². The van der Waals surface area contributed by atoms with Gasteiger partial charge in [-0.3, -0.25) is 5.10 Å². The number of nitrogens with one attached hydrogen (secondary N) is 1. The Morgan fingerprint density at radius 2 is 1.62 bits per heavy atom. The van der Waals surface area contributed by atoms with Gasteiger partial charge in [-0.1, -0.05) is 85.4 Å². The van der Waals surface area contributed by atoms with Gasteiger partial charge in [-0.2, -0.15) is 5.10 Å². The van der Waals surface area contributed by atoms with Gasteiger partial charge < -0.3 is 4.52 Å². The summed E-state index contributed by atoms with van der Waals surface area (Å²) in [6.45, 7) is 14.7. The van der Waals surface area contributed by atoms with E-state index >= 15 is 0 Å². The lowest BCUT2D eigenvalue weighted by Gasteiger charge is -2.09. The van der Waals surface area contributed by atoms with Crippen LogP contribution in [0, 0.1) is 13.8 Å². The van der Waals surface area contributed by atoms with E-state index in [1.165, 1.54) is 28.0 Å². The van der Waals surface area contributed by atoms with Crippen LogP contribution in [0.3, 0.4) is 0 Å². The molecule has 0 aliphatic carbocycles. The van der Waals surface area contributed by atoms with Gasteiger partial charge >= 0.3 is 0 Å². The molecule has 4 nitrogen and oxygen atoms in total. The first-order valence-corrected chi connectivity index (χ1v) is 11.9. The highest BCUT2D eigenvalue weighted by Crippen LogP contribution is 2.26. The summed E-state index contributed by atoms with van der Waals surface area (Å²) in [5.41, 5.74) is 11.4. The maximum atomic E-state index is 5.44. The van der Waals surface area contributed by atoms with Crippen molar-refractivity contribution in [3.05, 3.63) is 113 Å². The molecule has 0 amide bonds. The Bertz CT molecular complexity index is 1280. The standard InChI is InChI=1S/C30H33N3O/c1-6-27-28(31-32-29(27)26-10-8-7-9-11-26)17-12-20(2)18-24-13-15-25(16-14-24)19-21(3)30-22(4)23(5)33-34-30/h7-11,13-16H,2-3,6,12,17-19H2,1,4-5H3,(H,31,32). The molecule has 0 fully saturated rings. The number of benzene rings is 2. The number of hydrogen-bond donors (Lipinski definition) is 1. The monoisotopic (exact) mass is 451 g/mol. The average molecular weight is 452 g/mol. The molecule has 0 spiro atoms. The van der Waals surface area contributed by atoms with Crippen molar-refractivity contribution >= 4 is 5.57 Å². The van der Waals surface area contributed by atoms with Crippen LogP contribution in [-0.2, 0) is 25.7 Å². The summed E-state index contributed by atoms with van der Waals surface area (Å²) in [4.78, 5) is 0. The van der Waals surface area contributed by atoms with Crippen LogP contribution in [0.15, 0.2) is 77.9 Å². The quantitative estimate of drug-likeness (QED) is 0.259. The molecule has 2 heterocycles. The topological polar surface area (TPSA) is 54.7 Å². The molecule has 0 saturated heterocycles. The van der Waals surface area contributed by atoms with Crippen LogP contribution in [0.5, 0.6) is 0 Å². The number of hydrogen-bond acceptors (Lipinski definition) is 3. The normalized spacial score (nSPS) is 11.0. The minimum Gasteiger partial charge on any atom is -0.356 e. The number of aryl methyl sites for hydroxylation is 2. The molecule has 0 radical (unpaired) electrons. The van der Waals surface area contributed by atoms with Crippen molar-refractivity contribution in [2.45, 2.75) is 52.9 Å². The smallest absolute Gasteiger partial charge is 0.165 e. The van der Waals surface area contributed by atoms with Crippen LogP contribution in [0.4, 0.5) is 0 Å². The molecule has 1 N–H and O–H groups in total. The number of aromatic amines is 1. The number of aromatic nitrogens is 3. The van der Waals surface area contributed by atoms with E-state index in [1.807, 2.05) is 19.9 Å². The summed E-state index contributed by atoms with van der Waals surface area (Å²) in [6, 6.07) is 19.1. The van der Waals surface area contributed by atoms with Crippen LogP contribution in [0.25, 0.3) is 16.8 Å². The maximum absolute atomic E-state index is 5.44. The predicted molar refractivity (Wildman–Crippen MR) is 140 cm³/mol. The lowest BCUT2D eigenvalue weighted by atomic mass is 9.96. The molecule has 174 valence electrons. The highest BCUT2D eigenvalue weighted by atomic mass is 16.5. The van der Waals surface area contributed by atoms with Crippen molar-refractivity contribution in [3.8, 4) is 11.3 Å². The van der Waals surface area contributed by atoms with Gasteiger partial charge in [0.05, 0.1) is 11.4 Å². The van der Waals surface area contributed by atoms with Crippen LogP contribution < -0.4 is 0 Å². The second kappa shape index (κ2) is 10.5. The van der Waals surface area contributed by atoms with Crippen molar-refractivity contribution in [1.29, 1.82) is 0 Å². The highest BCUT2D eigenvalue weighted by Gasteiger charge is 2.14. The Morgan fingerprint density at radius 3 is 2.24 bits per heavy atom. The lowest BCUT2D eigenvalue weighted by molar-refractivity contribution is 0.404. The third-order valence-corrected chi connectivity index (χ3v) is 6.46. The summed E-state index contributed by atoms with van der Waals surface area (Å²) in [6.07, 6.45) is 4.45. The van der Waals surface area contributed by atoms with Crippen molar-refractivity contribution < 1.29 is 4.52 Å². The second-order valence-electron chi connectivity index (χ2n) is 8.99. The number of allylic oxidation sites excluding steroid dienone is 2. The van der Waals surface area contributed by atoms with Crippen LogP contribution in [-0.4, -0.2) is 15.4 Å². The van der Waals surface area contributed by atoms with Crippen molar-refractivity contribution in [3.63, 3.8) is 0 Å². The van der Waals surface area contributed by atoms with E-state index in [9.17, 15) is 0 Å². The van der Waals surface area contributed by atoms with Gasteiger partial charge in [-0.15, -0.1) is 0 Å². The van der Waals surface area contributed by atoms with Crippen LogP contribution >= 0.6 is 0 Å². The number of H-pyrrole nitrogens is 1. The zero-order valence-corrected chi connectivity index (χ0v) is 20.4. The molecule has 0 unspecified atom stereocenters. The van der Waals surface area contributed by atoms with E-state index in [-0.39, 0.29) is 0 Å². The van der Waals surface area contributed by atoms with Crippen LogP contribution in [0.1, 0.15) is 52.7 Å². The van der Waals surface area contributed by atoms with Gasteiger partial charge in [0.1, 0.15) is 0 Å². The first-order valence-electron chi connectivity index (χ1n) is 11.9. The molecule has 4 aromatic rings. The van der Waals surface area contributed by atoms with Gasteiger partial charge in [-0.25, -0.2) is 0 Å². The number of rotatable bonds is 10. The molecule has 2 aromatic carbocycles. The Kier molecular flexibility index (Phi) is 7.27. The fourth-order valence-corrected chi connectivity index (χ4v) is 4.35. The Labute approximate surface area is 202 Å². The largest absolute Gasteiger partial charge is 0.356 e. The molecule has 0 saturated carbocycles. The third kappa shape index (κ3) is 5.28. The van der Waals surface area contributed by atoms with Gasteiger partial charge in [-0.05, 0) is 56.2 Å². The van der Waals surface area contributed by atoms with Crippen molar-refractivity contribution in [1.82, 2.24) is 15.4 Å². The van der Waals surface area contributed by atoms with Gasteiger partial charge in [0.2, 0.25) is 0 Å². The molecule has 34 heavy (non-hydrogen) atoms. The molecule has 0 aliphatic heterocycles. The zero-order chi connectivity index (χ0) is 24.1. The Morgan fingerprint density at radius 1 is 0.941 bits per heavy atom. The molecule has 2 aromatic heterocycles. The van der Waals surface area contributed by atoms with Gasteiger partial charge in [0.15, 0.2) is 5.76 Å². The van der Waals surface area contributed by atoms with E-state index in [0.29, 0.717) is 0 Å². The SMILES string of the molecule is C=C(CCc1[nH]nc(-c2ccccc2)c1CC)Cc1ccc(CC(=C)c2onc(C)c2C)cc1. The lowest BCUT2D eigenvalue weighted by Crippen LogP contribution is -1.97. The molecule has 0 atom stereocenters. The third-order valence-electron chi connectivity index (χ3n) is 6.46. The second-order valence-corrected chi connectivity index (χ2v) is 8.99.